The smallest absolute Gasteiger partial charge is 0.280 e. The number of ether oxygens (including phenoxy) is 1. The average molecular weight is 359 g/mol. The number of nitrogens with zero attached hydrogens (tertiary/aromatic N) is 2. The summed E-state index contributed by atoms with van der Waals surface area (Å²) < 4.78 is 10.2. The van der Waals surface area contributed by atoms with Gasteiger partial charge in [-0.3, -0.25) is 9.59 Å². The zero-order valence-electron chi connectivity index (χ0n) is 15.4. The number of H-pyrrole nitrogens is 1. The number of benzene rings is 1. The fourth-order valence-electron chi connectivity index (χ4n) is 3.44. The van der Waals surface area contributed by atoms with Crippen LogP contribution in [0.2, 0.25) is 0 Å². The Kier molecular flexibility index (Phi) is 5.06. The number of methoxy groups -OCH3 is 1. The molecule has 1 aliphatic heterocycles. The summed E-state index contributed by atoms with van der Waals surface area (Å²) in [6.07, 6.45) is 0.760. The molecule has 0 radical (unpaired) electrons. The summed E-state index contributed by atoms with van der Waals surface area (Å²) in [5.74, 6) is 1.42. The maximum atomic E-state index is 12.6. The highest BCUT2D eigenvalue weighted by atomic mass is 16.5. The van der Waals surface area contributed by atoms with Gasteiger partial charge in [-0.15, -0.1) is 0 Å². The summed E-state index contributed by atoms with van der Waals surface area (Å²) >= 11 is 0. The van der Waals surface area contributed by atoms with Gasteiger partial charge in [0.25, 0.3) is 5.56 Å². The summed E-state index contributed by atoms with van der Waals surface area (Å²) in [5.41, 5.74) is 0.669. The average Bonchev–Trinajstić information content (AvgIpc) is 3.04. The van der Waals surface area contributed by atoms with Crippen LogP contribution < -0.4 is 15.2 Å². The van der Waals surface area contributed by atoms with Crippen LogP contribution in [0.3, 0.4) is 0 Å². The lowest BCUT2D eigenvalue weighted by molar-refractivity contribution is -0.132. The molecule has 0 saturated carbocycles. The van der Waals surface area contributed by atoms with Gasteiger partial charge in [0.05, 0.1) is 12.6 Å². The van der Waals surface area contributed by atoms with Crippen LogP contribution >= 0.6 is 0 Å². The summed E-state index contributed by atoms with van der Waals surface area (Å²) in [5, 5.41) is 2.25. The normalized spacial score (nSPS) is 16.6. The lowest BCUT2D eigenvalue weighted by Crippen LogP contribution is -2.60. The van der Waals surface area contributed by atoms with Crippen LogP contribution in [0.4, 0.5) is 5.69 Å². The number of carbonyl (C=O) groups is 1. The Morgan fingerprint density at radius 1 is 1.27 bits per heavy atom. The van der Waals surface area contributed by atoms with Crippen LogP contribution in [-0.4, -0.2) is 48.2 Å². The molecule has 1 aliphatic rings. The second-order valence-electron chi connectivity index (χ2n) is 7.16. The number of aromatic amines is 1. The minimum absolute atomic E-state index is 0.0799. The second-order valence-corrected chi connectivity index (χ2v) is 7.16. The van der Waals surface area contributed by atoms with Crippen molar-refractivity contribution in [3.05, 3.63) is 46.4 Å². The van der Waals surface area contributed by atoms with Gasteiger partial charge >= 0.3 is 0 Å². The fourth-order valence-corrected chi connectivity index (χ4v) is 3.44. The van der Waals surface area contributed by atoms with E-state index >= 15 is 0 Å². The molecule has 0 spiro atoms. The van der Waals surface area contributed by atoms with Gasteiger partial charge < -0.3 is 19.1 Å². The van der Waals surface area contributed by atoms with Gasteiger partial charge in [0, 0.05) is 44.2 Å². The Balaban J connectivity index is 1.61. The molecule has 3 rings (SSSR count). The second kappa shape index (κ2) is 7.27. The number of hydrogen-bond donors (Lipinski definition) is 1. The van der Waals surface area contributed by atoms with Gasteiger partial charge in [-0.25, -0.2) is 0 Å². The number of piperazine rings is 1. The van der Waals surface area contributed by atoms with Crippen molar-refractivity contribution in [2.45, 2.75) is 32.2 Å². The van der Waals surface area contributed by atoms with Crippen LogP contribution in [0.1, 0.15) is 26.0 Å². The number of rotatable bonds is 5. The zero-order chi connectivity index (χ0) is 18.7. The molecule has 1 fully saturated rings. The van der Waals surface area contributed by atoms with E-state index in [9.17, 15) is 9.59 Å². The van der Waals surface area contributed by atoms with E-state index in [0.717, 1.165) is 18.0 Å². The van der Waals surface area contributed by atoms with E-state index in [2.05, 4.69) is 23.9 Å². The van der Waals surface area contributed by atoms with E-state index in [1.54, 1.807) is 7.11 Å². The first-order valence-electron chi connectivity index (χ1n) is 8.76. The molecule has 1 aromatic heterocycles. The highest BCUT2D eigenvalue weighted by molar-refractivity contribution is 5.77. The first-order valence-corrected chi connectivity index (χ1v) is 8.76. The van der Waals surface area contributed by atoms with E-state index in [-0.39, 0.29) is 17.0 Å². The maximum Gasteiger partial charge on any atom is 0.280 e. The SMILES string of the molecule is COc1ccc(N2CCN(C(=O)CCc3cc(=O)[nH]o3)CC2(C)C)cc1. The van der Waals surface area contributed by atoms with Crippen molar-refractivity contribution in [1.82, 2.24) is 10.1 Å². The first kappa shape index (κ1) is 18.1. The fraction of sp³-hybridized carbons (Fsp3) is 0.474. The van der Waals surface area contributed by atoms with Gasteiger partial charge in [-0.2, -0.15) is 5.16 Å². The predicted molar refractivity (Wildman–Crippen MR) is 98.6 cm³/mol. The van der Waals surface area contributed by atoms with Crippen molar-refractivity contribution in [2.75, 3.05) is 31.6 Å². The van der Waals surface area contributed by atoms with Gasteiger partial charge in [0.15, 0.2) is 0 Å². The Morgan fingerprint density at radius 2 is 2.00 bits per heavy atom. The highest BCUT2D eigenvalue weighted by Gasteiger charge is 2.35. The molecule has 1 saturated heterocycles. The van der Waals surface area contributed by atoms with Crippen molar-refractivity contribution in [1.29, 1.82) is 0 Å². The Hall–Kier alpha value is -2.70. The van der Waals surface area contributed by atoms with Crippen molar-refractivity contribution < 1.29 is 14.1 Å². The van der Waals surface area contributed by atoms with Crippen LogP contribution in [0.25, 0.3) is 0 Å². The number of nitrogens with one attached hydrogen (secondary N) is 1. The number of aryl methyl sites for hydroxylation is 1. The van der Waals surface area contributed by atoms with Gasteiger partial charge in [0.1, 0.15) is 11.5 Å². The number of carbonyl (C=O) groups excluding carboxylic acids is 1. The first-order chi connectivity index (χ1) is 12.4. The molecule has 0 aliphatic carbocycles. The molecule has 7 heteroatoms. The molecule has 0 atom stereocenters. The Labute approximate surface area is 152 Å². The van der Waals surface area contributed by atoms with Gasteiger partial charge in [-0.05, 0) is 38.1 Å². The Morgan fingerprint density at radius 3 is 2.58 bits per heavy atom. The zero-order valence-corrected chi connectivity index (χ0v) is 15.4. The molecule has 0 unspecified atom stereocenters. The van der Waals surface area contributed by atoms with Crippen LogP contribution in [0, 0.1) is 0 Å². The molecule has 140 valence electrons. The third kappa shape index (κ3) is 3.92. The Bertz CT molecular complexity index is 807. The predicted octanol–water partition coefficient (Wildman–Crippen LogP) is 2.04. The number of amides is 1. The maximum absolute atomic E-state index is 12.6. The van der Waals surface area contributed by atoms with E-state index in [1.807, 2.05) is 29.2 Å². The third-order valence-corrected chi connectivity index (χ3v) is 4.80. The molecule has 0 bridgehead atoms. The lowest BCUT2D eigenvalue weighted by Gasteiger charge is -2.48. The summed E-state index contributed by atoms with van der Waals surface area (Å²) in [6.45, 7) is 6.37. The minimum Gasteiger partial charge on any atom is -0.497 e. The van der Waals surface area contributed by atoms with Gasteiger partial charge in [-0.1, -0.05) is 0 Å². The highest BCUT2D eigenvalue weighted by Crippen LogP contribution is 2.29. The summed E-state index contributed by atoms with van der Waals surface area (Å²) in [7, 11) is 1.65. The molecular formula is C19H25N3O4. The van der Waals surface area contributed by atoms with E-state index in [4.69, 9.17) is 9.26 Å². The topological polar surface area (TPSA) is 78.8 Å². The van der Waals surface area contributed by atoms with Crippen molar-refractivity contribution in [3.8, 4) is 5.75 Å². The molecule has 2 aromatic rings. The summed E-state index contributed by atoms with van der Waals surface area (Å²) in [6, 6.07) is 9.39. The largest absolute Gasteiger partial charge is 0.497 e. The third-order valence-electron chi connectivity index (χ3n) is 4.80. The minimum atomic E-state index is -0.276. The summed E-state index contributed by atoms with van der Waals surface area (Å²) in [4.78, 5) is 27.8. The van der Waals surface area contributed by atoms with Crippen molar-refractivity contribution >= 4 is 11.6 Å². The number of aromatic nitrogens is 1. The van der Waals surface area contributed by atoms with Gasteiger partial charge in [0.2, 0.25) is 5.91 Å². The van der Waals surface area contributed by atoms with E-state index < -0.39 is 0 Å². The van der Waals surface area contributed by atoms with Crippen LogP contribution in [0.5, 0.6) is 5.75 Å². The standard InChI is InChI=1S/C19H25N3O4/c1-19(2)13-21(18(24)9-8-16-12-17(23)20-26-16)10-11-22(19)14-4-6-15(25-3)7-5-14/h4-7,12H,8-11,13H2,1-3H3,(H,20,23). The van der Waals surface area contributed by atoms with E-state index in [1.165, 1.54) is 6.07 Å². The molecule has 2 heterocycles. The molecule has 1 aromatic carbocycles. The van der Waals surface area contributed by atoms with E-state index in [0.29, 0.717) is 31.7 Å². The molecule has 7 nitrogen and oxygen atoms in total. The van der Waals surface area contributed by atoms with Crippen LogP contribution in [0.15, 0.2) is 39.6 Å². The van der Waals surface area contributed by atoms with Crippen molar-refractivity contribution in [2.24, 2.45) is 0 Å². The quantitative estimate of drug-likeness (QED) is 0.884. The molecule has 26 heavy (non-hydrogen) atoms. The molecule has 1 N–H and O–H groups in total. The van der Waals surface area contributed by atoms with Crippen LogP contribution in [-0.2, 0) is 11.2 Å². The number of hydrogen-bond acceptors (Lipinski definition) is 5. The number of anilines is 1. The monoisotopic (exact) mass is 359 g/mol. The molecular weight excluding hydrogens is 334 g/mol. The van der Waals surface area contributed by atoms with Crippen molar-refractivity contribution in [3.63, 3.8) is 0 Å². The lowest BCUT2D eigenvalue weighted by atomic mass is 9.97. The molecule has 1 amide bonds.